The summed E-state index contributed by atoms with van der Waals surface area (Å²) >= 11 is 1.67. The topological polar surface area (TPSA) is 67.7 Å². The maximum absolute atomic E-state index is 9.14. The molecule has 1 N–H and O–H groups in total. The Balaban J connectivity index is 1.56. The molecule has 2 saturated heterocycles. The van der Waals surface area contributed by atoms with E-state index in [0.29, 0.717) is 6.04 Å². The van der Waals surface area contributed by atoms with Crippen LogP contribution in [-0.4, -0.2) is 69.8 Å². The number of hydrogen-bond donors (Lipinski definition) is 1. The summed E-state index contributed by atoms with van der Waals surface area (Å²) in [4.78, 5) is 11.3. The number of hydrogen-bond acceptors (Lipinski definition) is 7. The molecule has 138 valence electrons. The van der Waals surface area contributed by atoms with Crippen LogP contribution in [-0.2, 0) is 9.31 Å². The van der Waals surface area contributed by atoms with Crippen LogP contribution >= 0.6 is 11.8 Å². The monoisotopic (exact) mass is 365 g/mol. The Kier molecular flexibility index (Phi) is 5.75. The van der Waals surface area contributed by atoms with E-state index in [1.54, 1.807) is 24.2 Å². The van der Waals surface area contributed by atoms with Crippen LogP contribution in [0, 0.1) is 0 Å². The summed E-state index contributed by atoms with van der Waals surface area (Å²) in [6, 6.07) is 0.503. The number of rotatable bonds is 6. The average Bonchev–Trinajstić information content (AvgIpc) is 3.08. The van der Waals surface area contributed by atoms with Crippen molar-refractivity contribution in [2.75, 3.05) is 25.4 Å². The summed E-state index contributed by atoms with van der Waals surface area (Å²) in [6.45, 7) is 10.2. The van der Waals surface area contributed by atoms with Crippen LogP contribution in [0.4, 0.5) is 0 Å². The average molecular weight is 365 g/mol. The van der Waals surface area contributed by atoms with Crippen LogP contribution in [0.5, 0.6) is 0 Å². The van der Waals surface area contributed by atoms with Crippen molar-refractivity contribution >= 4 is 24.3 Å². The van der Waals surface area contributed by atoms with Crippen molar-refractivity contribution in [1.29, 1.82) is 0 Å². The number of thioether (sulfide) groups is 1. The molecule has 1 aromatic rings. The summed E-state index contributed by atoms with van der Waals surface area (Å²) in [5.74, 6) is 0.954. The summed E-state index contributed by atoms with van der Waals surface area (Å²) in [5, 5.41) is 9.92. The molecule has 0 unspecified atom stereocenters. The molecule has 0 amide bonds. The molecule has 8 heteroatoms. The number of β-amino-alcohol motifs (C(OH)–C–C–N with tert-alkyl or cyclic N) is 1. The molecule has 0 aliphatic carbocycles. The first kappa shape index (κ1) is 19.1. The lowest BCUT2D eigenvalue weighted by molar-refractivity contribution is 0.00578. The first-order valence-corrected chi connectivity index (χ1v) is 9.96. The van der Waals surface area contributed by atoms with Crippen molar-refractivity contribution < 1.29 is 14.4 Å². The van der Waals surface area contributed by atoms with Crippen LogP contribution in [0.1, 0.15) is 40.5 Å². The molecule has 0 aromatic carbocycles. The zero-order chi connectivity index (χ0) is 18.1. The second-order valence-corrected chi connectivity index (χ2v) is 8.74. The smallest absolute Gasteiger partial charge is 0.399 e. The molecule has 1 atom stereocenters. The minimum atomic E-state index is -0.418. The molecule has 0 saturated carbocycles. The highest BCUT2D eigenvalue weighted by Crippen LogP contribution is 2.36. The van der Waals surface area contributed by atoms with E-state index >= 15 is 0 Å². The number of nitrogens with zero attached hydrogens (tertiary/aromatic N) is 3. The molecule has 2 aliphatic heterocycles. The van der Waals surface area contributed by atoms with Gasteiger partial charge in [-0.15, -0.1) is 0 Å². The SMILES string of the molecule is CC1(C)OB(c2cnc(SC[C@H]3CCCN3CCO)nc2)OC1(C)C. The van der Waals surface area contributed by atoms with Gasteiger partial charge in [0.05, 0.1) is 17.8 Å². The van der Waals surface area contributed by atoms with E-state index in [1.807, 2.05) is 27.7 Å². The van der Waals surface area contributed by atoms with Gasteiger partial charge in [0.1, 0.15) is 0 Å². The zero-order valence-corrected chi connectivity index (χ0v) is 16.4. The predicted molar refractivity (Wildman–Crippen MR) is 100 cm³/mol. The summed E-state index contributed by atoms with van der Waals surface area (Å²) in [7, 11) is -0.418. The first-order chi connectivity index (χ1) is 11.8. The van der Waals surface area contributed by atoms with E-state index in [-0.39, 0.29) is 17.8 Å². The maximum Gasteiger partial charge on any atom is 0.498 e. The molecule has 3 rings (SSSR count). The third kappa shape index (κ3) is 4.19. The molecule has 1 aromatic heterocycles. The van der Waals surface area contributed by atoms with E-state index in [4.69, 9.17) is 14.4 Å². The second-order valence-electron chi connectivity index (χ2n) is 7.75. The molecule has 2 fully saturated rings. The van der Waals surface area contributed by atoms with Gasteiger partial charge in [0, 0.05) is 36.2 Å². The van der Waals surface area contributed by atoms with E-state index in [0.717, 1.165) is 29.5 Å². The van der Waals surface area contributed by atoms with Crippen LogP contribution < -0.4 is 5.46 Å². The highest BCUT2D eigenvalue weighted by atomic mass is 32.2. The van der Waals surface area contributed by atoms with E-state index in [2.05, 4.69) is 14.9 Å². The van der Waals surface area contributed by atoms with Crippen molar-refractivity contribution in [1.82, 2.24) is 14.9 Å². The Bertz CT molecular complexity index is 569. The van der Waals surface area contributed by atoms with E-state index < -0.39 is 7.12 Å². The van der Waals surface area contributed by atoms with Gasteiger partial charge < -0.3 is 14.4 Å². The molecule has 3 heterocycles. The minimum Gasteiger partial charge on any atom is -0.399 e. The van der Waals surface area contributed by atoms with Gasteiger partial charge in [-0.25, -0.2) is 9.97 Å². The van der Waals surface area contributed by atoms with Gasteiger partial charge in [0.25, 0.3) is 0 Å². The van der Waals surface area contributed by atoms with Crippen molar-refractivity contribution in [3.63, 3.8) is 0 Å². The van der Waals surface area contributed by atoms with Gasteiger partial charge in [0.2, 0.25) is 0 Å². The number of aliphatic hydroxyl groups excluding tert-OH is 1. The maximum atomic E-state index is 9.14. The van der Waals surface area contributed by atoms with Gasteiger partial charge in [-0.3, -0.25) is 4.90 Å². The van der Waals surface area contributed by atoms with Gasteiger partial charge in [-0.05, 0) is 47.1 Å². The van der Waals surface area contributed by atoms with Crippen molar-refractivity contribution in [3.05, 3.63) is 12.4 Å². The Morgan fingerprint density at radius 1 is 1.24 bits per heavy atom. The minimum absolute atomic E-state index is 0.223. The third-order valence-corrected chi connectivity index (χ3v) is 6.49. The molecular weight excluding hydrogens is 337 g/mol. The van der Waals surface area contributed by atoms with Crippen LogP contribution in [0.15, 0.2) is 17.6 Å². The van der Waals surface area contributed by atoms with Gasteiger partial charge in [-0.2, -0.15) is 0 Å². The summed E-state index contributed by atoms with van der Waals surface area (Å²) in [6.07, 6.45) is 5.99. The predicted octanol–water partition coefficient (Wildman–Crippen LogP) is 1.32. The fraction of sp³-hybridized carbons (Fsp3) is 0.765. The molecule has 25 heavy (non-hydrogen) atoms. The third-order valence-electron chi connectivity index (χ3n) is 5.46. The van der Waals surface area contributed by atoms with Crippen LogP contribution in [0.3, 0.4) is 0 Å². The molecular formula is C17H28BN3O3S. The quantitative estimate of drug-likeness (QED) is 0.463. The molecule has 0 spiro atoms. The normalized spacial score (nSPS) is 25.6. The lowest BCUT2D eigenvalue weighted by Crippen LogP contribution is -2.41. The largest absolute Gasteiger partial charge is 0.498 e. The lowest BCUT2D eigenvalue weighted by atomic mass is 9.81. The Morgan fingerprint density at radius 2 is 1.88 bits per heavy atom. The Morgan fingerprint density at radius 3 is 2.48 bits per heavy atom. The molecule has 6 nitrogen and oxygen atoms in total. The summed E-state index contributed by atoms with van der Waals surface area (Å²) < 4.78 is 12.1. The van der Waals surface area contributed by atoms with E-state index in [9.17, 15) is 0 Å². The Labute approximate surface area is 154 Å². The lowest BCUT2D eigenvalue weighted by Gasteiger charge is -2.32. The number of aromatic nitrogens is 2. The van der Waals surface area contributed by atoms with Crippen LogP contribution in [0.25, 0.3) is 0 Å². The molecule has 0 radical (unpaired) electrons. The second kappa shape index (κ2) is 7.52. The first-order valence-electron chi connectivity index (χ1n) is 8.98. The number of likely N-dealkylation sites (tertiary alicyclic amines) is 1. The fourth-order valence-corrected chi connectivity index (χ4v) is 4.15. The highest BCUT2D eigenvalue weighted by molar-refractivity contribution is 7.99. The number of aliphatic hydroxyl groups is 1. The van der Waals surface area contributed by atoms with Crippen molar-refractivity contribution in [2.45, 2.75) is 62.9 Å². The van der Waals surface area contributed by atoms with Gasteiger partial charge >= 0.3 is 7.12 Å². The highest BCUT2D eigenvalue weighted by Gasteiger charge is 2.51. The van der Waals surface area contributed by atoms with Crippen molar-refractivity contribution in [2.24, 2.45) is 0 Å². The van der Waals surface area contributed by atoms with Crippen molar-refractivity contribution in [3.8, 4) is 0 Å². The van der Waals surface area contributed by atoms with Crippen LogP contribution in [0.2, 0.25) is 0 Å². The van der Waals surface area contributed by atoms with Gasteiger partial charge in [-0.1, -0.05) is 11.8 Å². The molecule has 2 aliphatic rings. The zero-order valence-electron chi connectivity index (χ0n) is 15.6. The standard InChI is InChI=1S/C17H28BN3O3S/c1-16(2)17(3,4)24-18(23-16)13-10-19-15(20-11-13)25-12-14-6-5-7-21(14)8-9-22/h10-11,14,22H,5-9,12H2,1-4H3/t14-/m1/s1. The van der Waals surface area contributed by atoms with E-state index in [1.165, 1.54) is 12.8 Å². The van der Waals surface area contributed by atoms with Gasteiger partial charge in [0.15, 0.2) is 5.16 Å². The molecule has 0 bridgehead atoms. The Hall–Kier alpha value is -0.665. The fourth-order valence-electron chi connectivity index (χ4n) is 3.18. The summed E-state index contributed by atoms with van der Waals surface area (Å²) in [5.41, 5.74) is 0.138.